The molecule has 0 amide bonds. The minimum atomic E-state index is 0.920. The molecule has 0 aliphatic carbocycles. The van der Waals surface area contributed by atoms with Crippen LogP contribution in [0.5, 0.6) is 0 Å². The summed E-state index contributed by atoms with van der Waals surface area (Å²) < 4.78 is 0. The summed E-state index contributed by atoms with van der Waals surface area (Å²) in [5.41, 5.74) is 10.6. The van der Waals surface area contributed by atoms with Crippen molar-refractivity contribution in [3.63, 3.8) is 0 Å². The van der Waals surface area contributed by atoms with Crippen molar-refractivity contribution in [1.29, 1.82) is 0 Å². The van der Waals surface area contributed by atoms with E-state index in [1.54, 1.807) is 0 Å². The number of aromatic nitrogens is 2. The van der Waals surface area contributed by atoms with Gasteiger partial charge in [0.15, 0.2) is 0 Å². The summed E-state index contributed by atoms with van der Waals surface area (Å²) in [6.07, 6.45) is 1.83. The first-order chi connectivity index (χ1) is 16.9. The van der Waals surface area contributed by atoms with Crippen LogP contribution in [0.4, 0.5) is 0 Å². The van der Waals surface area contributed by atoms with Crippen molar-refractivity contribution >= 4 is 11.0 Å². The summed E-state index contributed by atoms with van der Waals surface area (Å²) in [5, 5.41) is 0. The molecule has 0 atom stereocenters. The first-order valence-electron chi connectivity index (χ1n) is 11.8. The van der Waals surface area contributed by atoms with E-state index >= 15 is 0 Å². The van der Waals surface area contributed by atoms with E-state index in [1.165, 1.54) is 27.8 Å². The second kappa shape index (κ2) is 14.3. The van der Waals surface area contributed by atoms with Crippen molar-refractivity contribution in [3.8, 4) is 11.3 Å². The fourth-order valence-corrected chi connectivity index (χ4v) is 3.15. The third kappa shape index (κ3) is 8.68. The van der Waals surface area contributed by atoms with Gasteiger partial charge < -0.3 is 0 Å². The van der Waals surface area contributed by atoms with Crippen molar-refractivity contribution in [2.45, 2.75) is 34.6 Å². The Balaban J connectivity index is 0.000000201. The molecule has 4 aromatic carbocycles. The number of rotatable bonds is 1. The molecule has 0 aliphatic heterocycles. The molecular weight excluding hydrogens is 424 g/mol. The van der Waals surface area contributed by atoms with Gasteiger partial charge in [0.2, 0.25) is 0 Å². The van der Waals surface area contributed by atoms with Gasteiger partial charge in [-0.3, -0.25) is 4.98 Å². The molecule has 0 fully saturated rings. The largest absolute Gasteiger partial charge is 0.252 e. The van der Waals surface area contributed by atoms with Gasteiger partial charge in [0.25, 0.3) is 0 Å². The molecule has 35 heavy (non-hydrogen) atoms. The number of nitrogens with zero attached hydrogens (tertiary/aromatic N) is 2. The minimum absolute atomic E-state index is 0.920. The molecule has 1 heterocycles. The number of benzene rings is 4. The van der Waals surface area contributed by atoms with Crippen molar-refractivity contribution in [3.05, 3.63) is 144 Å². The second-order valence-corrected chi connectivity index (χ2v) is 8.28. The molecule has 2 nitrogen and oxygen atoms in total. The lowest BCUT2D eigenvalue weighted by Crippen LogP contribution is -1.88. The van der Waals surface area contributed by atoms with Gasteiger partial charge in [0.05, 0.1) is 22.9 Å². The van der Waals surface area contributed by atoms with Crippen LogP contribution >= 0.6 is 0 Å². The molecule has 0 saturated carbocycles. The molecule has 0 spiro atoms. The highest BCUT2D eigenvalue weighted by Gasteiger charge is 2.01. The van der Waals surface area contributed by atoms with Crippen molar-refractivity contribution < 1.29 is 0 Å². The summed E-state index contributed by atoms with van der Waals surface area (Å²) in [6.45, 7) is 16.6. The van der Waals surface area contributed by atoms with Crippen LogP contribution in [-0.2, 0) is 0 Å². The number of para-hydroxylation sites is 2. The SMILES string of the molecule is C=C.Cc1ccc(-c2cnc3ccccc3n2)cc1.Cc1ccccc1C.Cc1ccccc1C. The predicted molar refractivity (Wildman–Crippen MR) is 153 cm³/mol. The normalized spacial score (nSPS) is 9.51. The van der Waals surface area contributed by atoms with Crippen LogP contribution in [0.3, 0.4) is 0 Å². The third-order valence-corrected chi connectivity index (χ3v) is 5.65. The Morgan fingerprint density at radius 3 is 1.31 bits per heavy atom. The van der Waals surface area contributed by atoms with E-state index in [0.29, 0.717) is 0 Å². The molecule has 0 saturated heterocycles. The molecule has 5 aromatic rings. The van der Waals surface area contributed by atoms with Gasteiger partial charge in [0.1, 0.15) is 0 Å². The Labute approximate surface area is 211 Å². The summed E-state index contributed by atoms with van der Waals surface area (Å²) in [4.78, 5) is 9.03. The topological polar surface area (TPSA) is 25.8 Å². The zero-order valence-corrected chi connectivity index (χ0v) is 21.6. The number of aryl methyl sites for hydroxylation is 5. The van der Waals surface area contributed by atoms with E-state index in [-0.39, 0.29) is 0 Å². The van der Waals surface area contributed by atoms with E-state index in [1.807, 2.05) is 30.5 Å². The maximum absolute atomic E-state index is 4.61. The highest BCUT2D eigenvalue weighted by molar-refractivity contribution is 5.76. The minimum Gasteiger partial charge on any atom is -0.252 e. The Bertz CT molecular complexity index is 1240. The molecule has 0 radical (unpaired) electrons. The number of fused-ring (bicyclic) bond motifs is 1. The van der Waals surface area contributed by atoms with E-state index in [0.717, 1.165) is 22.3 Å². The highest BCUT2D eigenvalue weighted by Crippen LogP contribution is 2.19. The van der Waals surface area contributed by atoms with E-state index in [4.69, 9.17) is 0 Å². The maximum Gasteiger partial charge on any atom is 0.0894 e. The van der Waals surface area contributed by atoms with Gasteiger partial charge >= 0.3 is 0 Å². The molecule has 0 bridgehead atoms. The monoisotopic (exact) mass is 460 g/mol. The maximum atomic E-state index is 4.61. The fraction of sp³-hybridized carbons (Fsp3) is 0.152. The zero-order valence-electron chi connectivity index (χ0n) is 21.6. The molecule has 0 unspecified atom stereocenters. The van der Waals surface area contributed by atoms with Crippen molar-refractivity contribution in [1.82, 2.24) is 9.97 Å². The van der Waals surface area contributed by atoms with Gasteiger partial charge in [-0.1, -0.05) is 90.5 Å². The number of hydrogen-bond donors (Lipinski definition) is 0. The van der Waals surface area contributed by atoms with Crippen molar-refractivity contribution in [2.75, 3.05) is 0 Å². The average molecular weight is 461 g/mol. The molecular formula is C33H36N2. The van der Waals surface area contributed by atoms with Crippen LogP contribution in [0.1, 0.15) is 27.8 Å². The van der Waals surface area contributed by atoms with Gasteiger partial charge in [-0.2, -0.15) is 0 Å². The average Bonchev–Trinajstić information content (AvgIpc) is 2.90. The summed E-state index contributed by atoms with van der Waals surface area (Å²) in [7, 11) is 0. The Morgan fingerprint density at radius 2 is 0.886 bits per heavy atom. The van der Waals surface area contributed by atoms with Gasteiger partial charge in [0, 0.05) is 5.56 Å². The summed E-state index contributed by atoms with van der Waals surface area (Å²) >= 11 is 0. The summed E-state index contributed by atoms with van der Waals surface area (Å²) in [5.74, 6) is 0. The zero-order chi connectivity index (χ0) is 25.6. The highest BCUT2D eigenvalue weighted by atomic mass is 14.8. The lowest BCUT2D eigenvalue weighted by atomic mass is 10.1. The van der Waals surface area contributed by atoms with E-state index < -0.39 is 0 Å². The van der Waals surface area contributed by atoms with Gasteiger partial charge in [-0.05, 0) is 69.0 Å². The first kappa shape index (κ1) is 27.2. The van der Waals surface area contributed by atoms with Gasteiger partial charge in [-0.15, -0.1) is 13.2 Å². The van der Waals surface area contributed by atoms with Crippen LogP contribution in [-0.4, -0.2) is 9.97 Å². The van der Waals surface area contributed by atoms with Crippen LogP contribution in [0.2, 0.25) is 0 Å². The van der Waals surface area contributed by atoms with Crippen molar-refractivity contribution in [2.24, 2.45) is 0 Å². The van der Waals surface area contributed by atoms with E-state index in [2.05, 4.69) is 131 Å². The Hall–Kier alpha value is -4.04. The van der Waals surface area contributed by atoms with Crippen LogP contribution in [0.15, 0.2) is 116 Å². The Kier molecular flexibility index (Phi) is 11.1. The predicted octanol–water partition coefficient (Wildman–Crippen LogP) is 9.01. The molecule has 0 aliphatic rings. The quantitative estimate of drug-likeness (QED) is 0.233. The van der Waals surface area contributed by atoms with Crippen LogP contribution in [0, 0.1) is 34.6 Å². The molecule has 1 aromatic heterocycles. The first-order valence-corrected chi connectivity index (χ1v) is 11.8. The molecule has 2 heteroatoms. The standard InChI is InChI=1S/C15H12N2.2C8H10.C2H4/c1-11-6-8-12(9-7-11)15-10-16-13-4-2-3-5-14(13)17-15;2*1-7-5-3-4-6-8(7)2;1-2/h2-10H,1H3;2*3-6H,1-2H3;1-2H2. The van der Waals surface area contributed by atoms with Gasteiger partial charge in [-0.25, -0.2) is 4.98 Å². The Morgan fingerprint density at radius 1 is 0.486 bits per heavy atom. The number of hydrogen-bond acceptors (Lipinski definition) is 2. The fourth-order valence-electron chi connectivity index (χ4n) is 3.15. The molecule has 0 N–H and O–H groups in total. The molecule has 178 valence electrons. The van der Waals surface area contributed by atoms with E-state index in [9.17, 15) is 0 Å². The molecule has 5 rings (SSSR count). The second-order valence-electron chi connectivity index (χ2n) is 8.28. The summed E-state index contributed by atoms with van der Waals surface area (Å²) in [6, 6.07) is 33.0. The smallest absolute Gasteiger partial charge is 0.0894 e. The third-order valence-electron chi connectivity index (χ3n) is 5.65. The van der Waals surface area contributed by atoms with Crippen LogP contribution < -0.4 is 0 Å². The van der Waals surface area contributed by atoms with Crippen LogP contribution in [0.25, 0.3) is 22.3 Å². The lowest BCUT2D eigenvalue weighted by molar-refractivity contribution is 1.29. The lowest BCUT2D eigenvalue weighted by Gasteiger charge is -2.02.